The van der Waals surface area contributed by atoms with Crippen molar-refractivity contribution in [1.82, 2.24) is 15.1 Å². The highest BCUT2D eigenvalue weighted by Crippen LogP contribution is 2.13. The van der Waals surface area contributed by atoms with Gasteiger partial charge in [-0.25, -0.2) is 4.68 Å². The fourth-order valence-corrected chi connectivity index (χ4v) is 2.50. The van der Waals surface area contributed by atoms with Gasteiger partial charge in [-0.1, -0.05) is 17.7 Å². The number of carbonyl (C=O) groups is 2. The van der Waals surface area contributed by atoms with E-state index >= 15 is 0 Å². The summed E-state index contributed by atoms with van der Waals surface area (Å²) in [6.45, 7) is 3.57. The van der Waals surface area contributed by atoms with E-state index in [0.717, 1.165) is 11.3 Å². The Kier molecular flexibility index (Phi) is 5.12. The van der Waals surface area contributed by atoms with Gasteiger partial charge in [-0.2, -0.15) is 5.10 Å². The zero-order valence-electron chi connectivity index (χ0n) is 14.6. The van der Waals surface area contributed by atoms with Gasteiger partial charge in [0.25, 0.3) is 5.91 Å². The molecule has 0 fully saturated rings. The monoisotopic (exact) mass is 348 g/mol. The van der Waals surface area contributed by atoms with Crippen LogP contribution in [0.1, 0.15) is 22.8 Å². The molecule has 2 aromatic carbocycles. The molecule has 3 rings (SSSR count). The van der Waals surface area contributed by atoms with Crippen LogP contribution in [-0.2, 0) is 4.79 Å². The van der Waals surface area contributed by atoms with Crippen LogP contribution in [-0.4, -0.2) is 27.6 Å². The van der Waals surface area contributed by atoms with Crippen LogP contribution in [0.25, 0.3) is 5.69 Å². The highest BCUT2D eigenvalue weighted by molar-refractivity contribution is 6.01. The number of nitrogens with zero attached hydrogens (tertiary/aromatic N) is 2. The second-order valence-electron chi connectivity index (χ2n) is 6.05. The lowest BCUT2D eigenvalue weighted by Crippen LogP contribution is -2.41. The Morgan fingerprint density at radius 1 is 1.08 bits per heavy atom. The molecule has 0 aliphatic rings. The van der Waals surface area contributed by atoms with E-state index in [-0.39, 0.29) is 11.8 Å². The zero-order valence-corrected chi connectivity index (χ0v) is 14.6. The molecule has 0 saturated carbocycles. The molecule has 1 aromatic heterocycles. The van der Waals surface area contributed by atoms with E-state index in [1.54, 1.807) is 42.1 Å². The van der Waals surface area contributed by atoms with Gasteiger partial charge in [-0.05, 0) is 56.3 Å². The van der Waals surface area contributed by atoms with Gasteiger partial charge in [-0.3, -0.25) is 9.59 Å². The third-order valence-corrected chi connectivity index (χ3v) is 3.92. The summed E-state index contributed by atoms with van der Waals surface area (Å²) in [5.74, 6) is -0.553. The van der Waals surface area contributed by atoms with Crippen LogP contribution >= 0.6 is 0 Å². The van der Waals surface area contributed by atoms with Gasteiger partial charge in [0.15, 0.2) is 0 Å². The molecule has 0 aliphatic heterocycles. The molecule has 6 nitrogen and oxygen atoms in total. The third-order valence-electron chi connectivity index (χ3n) is 3.92. The first-order valence-corrected chi connectivity index (χ1v) is 8.31. The van der Waals surface area contributed by atoms with E-state index < -0.39 is 6.04 Å². The van der Waals surface area contributed by atoms with E-state index in [2.05, 4.69) is 15.7 Å². The molecule has 26 heavy (non-hydrogen) atoms. The molecule has 0 aliphatic carbocycles. The fourth-order valence-electron chi connectivity index (χ4n) is 2.50. The maximum absolute atomic E-state index is 12.3. The Balaban J connectivity index is 1.59. The van der Waals surface area contributed by atoms with Crippen LogP contribution in [0.3, 0.4) is 0 Å². The molecule has 2 N–H and O–H groups in total. The maximum atomic E-state index is 12.3. The minimum absolute atomic E-state index is 0.273. The number of rotatable bonds is 5. The quantitative estimate of drug-likeness (QED) is 0.744. The van der Waals surface area contributed by atoms with Crippen molar-refractivity contribution in [3.05, 3.63) is 78.1 Å². The van der Waals surface area contributed by atoms with Crippen molar-refractivity contribution in [2.75, 3.05) is 5.32 Å². The first-order chi connectivity index (χ1) is 12.5. The molecule has 0 bridgehead atoms. The number of aryl methyl sites for hydroxylation is 1. The van der Waals surface area contributed by atoms with Crippen molar-refractivity contribution in [1.29, 1.82) is 0 Å². The lowest BCUT2D eigenvalue weighted by Gasteiger charge is -2.14. The first-order valence-electron chi connectivity index (χ1n) is 8.31. The minimum Gasteiger partial charge on any atom is -0.341 e. The molecular formula is C20H20N4O2. The summed E-state index contributed by atoms with van der Waals surface area (Å²) in [5.41, 5.74) is 3.08. The summed E-state index contributed by atoms with van der Waals surface area (Å²) in [5, 5.41) is 9.67. The molecule has 1 atom stereocenters. The fraction of sp³-hybridized carbons (Fsp3) is 0.150. The topological polar surface area (TPSA) is 76.0 Å². The van der Waals surface area contributed by atoms with Gasteiger partial charge >= 0.3 is 0 Å². The number of nitrogens with one attached hydrogen (secondary N) is 2. The van der Waals surface area contributed by atoms with Crippen LogP contribution in [0.2, 0.25) is 0 Å². The molecule has 0 spiro atoms. The molecule has 0 saturated heterocycles. The standard InChI is InChI=1S/C20H20N4O2/c1-14-5-3-6-16(13-14)20(26)22-15(2)19(25)23-17-7-9-18(10-8-17)24-12-4-11-21-24/h3-13,15H,1-2H3,(H,22,26)(H,23,25). The number of benzene rings is 2. The predicted molar refractivity (Wildman–Crippen MR) is 100 cm³/mol. The van der Waals surface area contributed by atoms with Crippen LogP contribution in [0, 0.1) is 6.92 Å². The Hall–Kier alpha value is -3.41. The molecule has 6 heteroatoms. The Morgan fingerprint density at radius 3 is 2.50 bits per heavy atom. The average Bonchev–Trinajstić information content (AvgIpc) is 3.17. The van der Waals surface area contributed by atoms with Crippen molar-refractivity contribution in [3.63, 3.8) is 0 Å². The first kappa shape index (κ1) is 17.4. The van der Waals surface area contributed by atoms with Crippen molar-refractivity contribution in [2.24, 2.45) is 0 Å². The molecule has 3 aromatic rings. The summed E-state index contributed by atoms with van der Waals surface area (Å²) in [6, 6.07) is 15.7. The van der Waals surface area contributed by atoms with Crippen molar-refractivity contribution in [2.45, 2.75) is 19.9 Å². The van der Waals surface area contributed by atoms with Gasteiger partial charge in [0.05, 0.1) is 5.69 Å². The largest absolute Gasteiger partial charge is 0.341 e. The molecule has 1 unspecified atom stereocenters. The molecule has 1 heterocycles. The average molecular weight is 348 g/mol. The van der Waals surface area contributed by atoms with Gasteiger partial charge in [0, 0.05) is 23.6 Å². The number of amides is 2. The number of anilines is 1. The Bertz CT molecular complexity index is 902. The van der Waals surface area contributed by atoms with Crippen LogP contribution in [0.5, 0.6) is 0 Å². The Labute approximate surface area is 151 Å². The van der Waals surface area contributed by atoms with Crippen LogP contribution in [0.15, 0.2) is 67.0 Å². The van der Waals surface area contributed by atoms with E-state index in [1.807, 2.05) is 43.5 Å². The van der Waals surface area contributed by atoms with E-state index in [1.165, 1.54) is 0 Å². The molecule has 132 valence electrons. The number of hydrogen-bond donors (Lipinski definition) is 2. The normalized spacial score (nSPS) is 11.6. The summed E-state index contributed by atoms with van der Waals surface area (Å²) in [4.78, 5) is 24.6. The zero-order chi connectivity index (χ0) is 18.5. The molecular weight excluding hydrogens is 328 g/mol. The smallest absolute Gasteiger partial charge is 0.251 e. The second kappa shape index (κ2) is 7.65. The van der Waals surface area contributed by atoms with Crippen molar-refractivity contribution in [3.8, 4) is 5.69 Å². The lowest BCUT2D eigenvalue weighted by atomic mass is 10.1. The number of hydrogen-bond acceptors (Lipinski definition) is 3. The molecule has 0 radical (unpaired) electrons. The summed E-state index contributed by atoms with van der Waals surface area (Å²) in [6.07, 6.45) is 3.55. The Morgan fingerprint density at radius 2 is 1.85 bits per heavy atom. The number of carbonyl (C=O) groups excluding carboxylic acids is 2. The summed E-state index contributed by atoms with van der Waals surface area (Å²) < 4.78 is 1.73. The predicted octanol–water partition coefficient (Wildman–Crippen LogP) is 2.94. The SMILES string of the molecule is Cc1cccc(C(=O)NC(C)C(=O)Nc2ccc(-n3cccn3)cc2)c1. The summed E-state index contributed by atoms with van der Waals surface area (Å²) >= 11 is 0. The lowest BCUT2D eigenvalue weighted by molar-refractivity contribution is -0.117. The van der Waals surface area contributed by atoms with Gasteiger partial charge < -0.3 is 10.6 Å². The molecule has 2 amide bonds. The second-order valence-corrected chi connectivity index (χ2v) is 6.05. The highest BCUT2D eigenvalue weighted by atomic mass is 16.2. The van der Waals surface area contributed by atoms with Crippen LogP contribution in [0.4, 0.5) is 5.69 Å². The van der Waals surface area contributed by atoms with Crippen molar-refractivity contribution >= 4 is 17.5 Å². The van der Waals surface area contributed by atoms with E-state index in [0.29, 0.717) is 11.3 Å². The number of aromatic nitrogens is 2. The maximum Gasteiger partial charge on any atom is 0.251 e. The van der Waals surface area contributed by atoms with Gasteiger partial charge in [-0.15, -0.1) is 0 Å². The minimum atomic E-state index is -0.659. The van der Waals surface area contributed by atoms with Crippen molar-refractivity contribution < 1.29 is 9.59 Å². The third kappa shape index (κ3) is 4.16. The van der Waals surface area contributed by atoms with Crippen LogP contribution < -0.4 is 10.6 Å². The van der Waals surface area contributed by atoms with E-state index in [4.69, 9.17) is 0 Å². The van der Waals surface area contributed by atoms with Gasteiger partial charge in [0.1, 0.15) is 6.04 Å². The highest BCUT2D eigenvalue weighted by Gasteiger charge is 2.16. The van der Waals surface area contributed by atoms with E-state index in [9.17, 15) is 9.59 Å². The van der Waals surface area contributed by atoms with Gasteiger partial charge in [0.2, 0.25) is 5.91 Å². The summed E-state index contributed by atoms with van der Waals surface area (Å²) in [7, 11) is 0.